The van der Waals surface area contributed by atoms with E-state index in [0.717, 1.165) is 5.56 Å². The molecule has 0 radical (unpaired) electrons. The van der Waals surface area contributed by atoms with Gasteiger partial charge >= 0.3 is 0 Å². The van der Waals surface area contributed by atoms with Crippen LogP contribution in [0.4, 0.5) is 0 Å². The number of terminal acetylenes is 1. The lowest BCUT2D eigenvalue weighted by atomic mass is 10.1. The molecule has 96 valence electrons. The minimum absolute atomic E-state index is 0.0599. The molecule has 1 aromatic rings. The van der Waals surface area contributed by atoms with Gasteiger partial charge < -0.3 is 5.32 Å². The van der Waals surface area contributed by atoms with E-state index in [1.54, 1.807) is 12.1 Å². The second kappa shape index (κ2) is 6.19. The highest BCUT2D eigenvalue weighted by Gasteiger charge is 2.06. The van der Waals surface area contributed by atoms with Gasteiger partial charge in [-0.3, -0.25) is 4.79 Å². The Labute approximate surface area is 106 Å². The molecule has 1 amide bonds. The minimum Gasteiger partial charge on any atom is -0.355 e. The molecule has 0 unspecified atom stereocenters. The molecule has 0 saturated carbocycles. The highest BCUT2D eigenvalue weighted by molar-refractivity contribution is 7.89. The van der Waals surface area contributed by atoms with Gasteiger partial charge in [-0.05, 0) is 24.1 Å². The number of hydrogen-bond donors (Lipinski definition) is 2. The Morgan fingerprint density at radius 1 is 1.33 bits per heavy atom. The first-order valence-corrected chi connectivity index (χ1v) is 6.80. The van der Waals surface area contributed by atoms with E-state index < -0.39 is 10.0 Å². The zero-order chi connectivity index (χ0) is 13.6. The van der Waals surface area contributed by atoms with Crippen molar-refractivity contribution in [3.63, 3.8) is 0 Å². The van der Waals surface area contributed by atoms with Crippen molar-refractivity contribution in [2.24, 2.45) is 5.14 Å². The number of rotatable bonds is 5. The Kier molecular flexibility index (Phi) is 4.89. The molecule has 0 aromatic heterocycles. The molecule has 0 aliphatic heterocycles. The van der Waals surface area contributed by atoms with Gasteiger partial charge in [-0.2, -0.15) is 0 Å². The van der Waals surface area contributed by atoms with E-state index in [0.29, 0.717) is 13.0 Å². The number of primary sulfonamides is 1. The van der Waals surface area contributed by atoms with Gasteiger partial charge in [0.15, 0.2) is 0 Å². The van der Waals surface area contributed by atoms with E-state index in [1.807, 2.05) is 0 Å². The van der Waals surface area contributed by atoms with Crippen LogP contribution < -0.4 is 10.5 Å². The first-order valence-electron chi connectivity index (χ1n) is 5.25. The SMILES string of the molecule is C#CCC(=O)NCCc1ccc(S(N)(=O)=O)cc1. The summed E-state index contributed by atoms with van der Waals surface area (Å²) in [5.41, 5.74) is 0.906. The van der Waals surface area contributed by atoms with Crippen molar-refractivity contribution in [1.29, 1.82) is 0 Å². The lowest BCUT2D eigenvalue weighted by Crippen LogP contribution is -2.24. The van der Waals surface area contributed by atoms with Crippen LogP contribution in [0.5, 0.6) is 0 Å². The van der Waals surface area contributed by atoms with Crippen molar-refractivity contribution < 1.29 is 13.2 Å². The third-order valence-electron chi connectivity index (χ3n) is 2.25. The molecule has 3 N–H and O–H groups in total. The molecule has 0 aliphatic rings. The maximum absolute atomic E-state index is 11.1. The Morgan fingerprint density at radius 2 is 1.94 bits per heavy atom. The fourth-order valence-electron chi connectivity index (χ4n) is 1.35. The van der Waals surface area contributed by atoms with Gasteiger partial charge in [0, 0.05) is 6.54 Å². The van der Waals surface area contributed by atoms with Gasteiger partial charge in [-0.1, -0.05) is 18.1 Å². The number of amides is 1. The first kappa shape index (κ1) is 14.2. The molecule has 0 atom stereocenters. The van der Waals surface area contributed by atoms with Gasteiger partial charge in [0.2, 0.25) is 15.9 Å². The maximum atomic E-state index is 11.1. The molecule has 1 aromatic carbocycles. The van der Waals surface area contributed by atoms with Crippen LogP contribution in [0.2, 0.25) is 0 Å². The monoisotopic (exact) mass is 266 g/mol. The van der Waals surface area contributed by atoms with E-state index in [9.17, 15) is 13.2 Å². The average molecular weight is 266 g/mol. The summed E-state index contributed by atoms with van der Waals surface area (Å²) in [6.07, 6.45) is 5.65. The molecular formula is C12H14N2O3S. The summed E-state index contributed by atoms with van der Waals surface area (Å²) in [6.45, 7) is 0.454. The normalized spacial score (nSPS) is 10.7. The van der Waals surface area contributed by atoms with E-state index in [2.05, 4.69) is 11.2 Å². The predicted molar refractivity (Wildman–Crippen MR) is 68.0 cm³/mol. The van der Waals surface area contributed by atoms with Gasteiger partial charge in [-0.15, -0.1) is 6.42 Å². The second-order valence-corrected chi connectivity index (χ2v) is 5.23. The number of carbonyl (C=O) groups excluding carboxylic acids is 1. The van der Waals surface area contributed by atoms with E-state index >= 15 is 0 Å². The van der Waals surface area contributed by atoms with Gasteiger partial charge in [0.25, 0.3) is 0 Å². The molecule has 0 bridgehead atoms. The Morgan fingerprint density at radius 3 is 2.44 bits per heavy atom. The van der Waals surface area contributed by atoms with Crippen molar-refractivity contribution in [2.45, 2.75) is 17.7 Å². The van der Waals surface area contributed by atoms with Crippen LogP contribution >= 0.6 is 0 Å². The van der Waals surface area contributed by atoms with Crippen molar-refractivity contribution in [3.05, 3.63) is 29.8 Å². The number of sulfonamides is 1. The number of benzene rings is 1. The predicted octanol–water partition coefficient (Wildman–Crippen LogP) is 0.0160. The van der Waals surface area contributed by atoms with Crippen LogP contribution in [-0.4, -0.2) is 20.9 Å². The summed E-state index contributed by atoms with van der Waals surface area (Å²) in [4.78, 5) is 11.1. The summed E-state index contributed by atoms with van der Waals surface area (Å²) in [5, 5.41) is 7.63. The number of hydrogen-bond acceptors (Lipinski definition) is 3. The van der Waals surface area contributed by atoms with E-state index in [-0.39, 0.29) is 17.2 Å². The van der Waals surface area contributed by atoms with Crippen molar-refractivity contribution in [2.75, 3.05) is 6.54 Å². The smallest absolute Gasteiger partial charge is 0.238 e. The number of nitrogens with one attached hydrogen (secondary N) is 1. The molecule has 5 nitrogen and oxygen atoms in total. The molecule has 0 fully saturated rings. The third kappa shape index (κ3) is 4.57. The molecule has 6 heteroatoms. The molecule has 0 heterocycles. The van der Waals surface area contributed by atoms with Crippen LogP contribution in [0.25, 0.3) is 0 Å². The minimum atomic E-state index is -3.65. The topological polar surface area (TPSA) is 89.3 Å². The zero-order valence-electron chi connectivity index (χ0n) is 9.72. The number of carbonyl (C=O) groups is 1. The molecule has 18 heavy (non-hydrogen) atoms. The third-order valence-corrected chi connectivity index (χ3v) is 3.18. The van der Waals surface area contributed by atoms with Gasteiger partial charge in [-0.25, -0.2) is 13.6 Å². The highest BCUT2D eigenvalue weighted by atomic mass is 32.2. The summed E-state index contributed by atoms with van der Waals surface area (Å²) in [7, 11) is -3.65. The number of nitrogens with two attached hydrogens (primary N) is 1. The van der Waals surface area contributed by atoms with Gasteiger partial charge in [0.05, 0.1) is 11.3 Å². The van der Waals surface area contributed by atoms with Crippen LogP contribution in [0, 0.1) is 12.3 Å². The van der Waals surface area contributed by atoms with Crippen molar-refractivity contribution in [3.8, 4) is 12.3 Å². The molecule has 0 aliphatic carbocycles. The summed E-state index contributed by atoms with van der Waals surface area (Å²) < 4.78 is 22.0. The Hall–Kier alpha value is -1.84. The Bertz CT molecular complexity index is 556. The fourth-order valence-corrected chi connectivity index (χ4v) is 1.86. The highest BCUT2D eigenvalue weighted by Crippen LogP contribution is 2.08. The van der Waals surface area contributed by atoms with Crippen LogP contribution in [0.3, 0.4) is 0 Å². The summed E-state index contributed by atoms with van der Waals surface area (Å²) >= 11 is 0. The molecular weight excluding hydrogens is 252 g/mol. The van der Waals surface area contributed by atoms with E-state index in [4.69, 9.17) is 11.6 Å². The largest absolute Gasteiger partial charge is 0.355 e. The fraction of sp³-hybridized carbons (Fsp3) is 0.250. The standard InChI is InChI=1S/C12H14N2O3S/c1-2-3-12(15)14-9-8-10-4-6-11(7-5-10)18(13,16)17/h1,4-7H,3,8-9H2,(H,14,15)(H2,13,16,17). The average Bonchev–Trinajstić information content (AvgIpc) is 2.29. The van der Waals surface area contributed by atoms with Crippen LogP contribution in [0.15, 0.2) is 29.2 Å². The molecule has 0 saturated heterocycles. The van der Waals surface area contributed by atoms with Crippen molar-refractivity contribution >= 4 is 15.9 Å². The quantitative estimate of drug-likeness (QED) is 0.736. The maximum Gasteiger partial charge on any atom is 0.238 e. The second-order valence-electron chi connectivity index (χ2n) is 3.67. The van der Waals surface area contributed by atoms with E-state index in [1.165, 1.54) is 12.1 Å². The summed E-state index contributed by atoms with van der Waals surface area (Å²) in [5.74, 6) is 2.05. The van der Waals surface area contributed by atoms with Crippen LogP contribution in [-0.2, 0) is 21.2 Å². The summed E-state index contributed by atoms with van der Waals surface area (Å²) in [6, 6.07) is 6.20. The molecule has 1 rings (SSSR count). The van der Waals surface area contributed by atoms with Crippen molar-refractivity contribution in [1.82, 2.24) is 5.32 Å². The zero-order valence-corrected chi connectivity index (χ0v) is 10.5. The van der Waals surface area contributed by atoms with Crippen LogP contribution in [0.1, 0.15) is 12.0 Å². The first-order chi connectivity index (χ1) is 8.43. The Balaban J connectivity index is 2.51. The van der Waals surface area contributed by atoms with Gasteiger partial charge in [0.1, 0.15) is 0 Å². The lowest BCUT2D eigenvalue weighted by molar-refractivity contribution is -0.120. The lowest BCUT2D eigenvalue weighted by Gasteiger charge is -2.04. The molecule has 0 spiro atoms.